The highest BCUT2D eigenvalue weighted by atomic mass is 35.5. The van der Waals surface area contributed by atoms with E-state index in [0.29, 0.717) is 13.1 Å². The van der Waals surface area contributed by atoms with Gasteiger partial charge in [-0.15, -0.1) is 12.4 Å². The van der Waals surface area contributed by atoms with Gasteiger partial charge >= 0.3 is 0 Å². The van der Waals surface area contributed by atoms with E-state index in [9.17, 15) is 10.1 Å². The van der Waals surface area contributed by atoms with E-state index in [4.69, 9.17) is 4.74 Å². The van der Waals surface area contributed by atoms with Gasteiger partial charge in [0.15, 0.2) is 0 Å². The van der Waals surface area contributed by atoms with E-state index >= 15 is 0 Å². The van der Waals surface area contributed by atoms with Crippen molar-refractivity contribution < 1.29 is 9.66 Å². The van der Waals surface area contributed by atoms with Crippen LogP contribution in [0.5, 0.6) is 5.75 Å². The van der Waals surface area contributed by atoms with Crippen molar-refractivity contribution in [3.8, 4) is 5.75 Å². The van der Waals surface area contributed by atoms with E-state index in [2.05, 4.69) is 28.8 Å². The number of nitrogens with one attached hydrogen (secondary N) is 2. The molecule has 0 saturated carbocycles. The molecule has 0 atom stereocenters. The van der Waals surface area contributed by atoms with Crippen LogP contribution in [0.2, 0.25) is 0 Å². The molecule has 7 heteroatoms. The molecule has 6 nitrogen and oxygen atoms in total. The molecule has 0 bridgehead atoms. The molecule has 0 amide bonds. The minimum atomic E-state index is -0.400. The first-order valence-electron chi connectivity index (χ1n) is 8.42. The van der Waals surface area contributed by atoms with Crippen molar-refractivity contribution in [1.29, 1.82) is 0 Å². The van der Waals surface area contributed by atoms with Crippen LogP contribution >= 0.6 is 12.4 Å². The Morgan fingerprint density at radius 1 is 1.00 bits per heavy atom. The summed E-state index contributed by atoms with van der Waals surface area (Å²) in [5.74, 6) is 0.875. The van der Waals surface area contributed by atoms with Gasteiger partial charge in [0.25, 0.3) is 5.69 Å². The van der Waals surface area contributed by atoms with Crippen molar-refractivity contribution >= 4 is 34.6 Å². The van der Waals surface area contributed by atoms with Gasteiger partial charge in [0.2, 0.25) is 0 Å². The summed E-state index contributed by atoms with van der Waals surface area (Å²) in [6, 6.07) is 18.7. The molecule has 0 aliphatic rings. The molecule has 0 aliphatic carbocycles. The molecule has 2 N–H and O–H groups in total. The van der Waals surface area contributed by atoms with Crippen LogP contribution in [0.15, 0.2) is 60.7 Å². The molecule has 0 radical (unpaired) electrons. The number of nitrogens with zero attached hydrogens (tertiary/aromatic N) is 1. The highest BCUT2D eigenvalue weighted by Gasteiger charge is 2.07. The van der Waals surface area contributed by atoms with Crippen LogP contribution in [0.1, 0.15) is 5.56 Å². The molecule has 0 aliphatic heterocycles. The van der Waals surface area contributed by atoms with Crippen LogP contribution in [0.4, 0.5) is 11.4 Å². The molecule has 3 aromatic rings. The smallest absolute Gasteiger partial charge is 0.269 e. The first-order valence-corrected chi connectivity index (χ1v) is 8.42. The van der Waals surface area contributed by atoms with E-state index in [1.807, 2.05) is 18.2 Å². The predicted molar refractivity (Wildman–Crippen MR) is 111 cm³/mol. The Morgan fingerprint density at radius 2 is 1.74 bits per heavy atom. The van der Waals surface area contributed by atoms with Crippen molar-refractivity contribution in [2.75, 3.05) is 25.5 Å². The van der Waals surface area contributed by atoms with Crippen molar-refractivity contribution in [1.82, 2.24) is 5.32 Å². The molecule has 27 heavy (non-hydrogen) atoms. The summed E-state index contributed by atoms with van der Waals surface area (Å²) >= 11 is 0. The van der Waals surface area contributed by atoms with Gasteiger partial charge in [-0.05, 0) is 29.0 Å². The number of nitro groups is 1. The molecular formula is C20H22ClN3O3. The van der Waals surface area contributed by atoms with Gasteiger partial charge in [-0.25, -0.2) is 0 Å². The summed E-state index contributed by atoms with van der Waals surface area (Å²) in [4.78, 5) is 10.3. The quantitative estimate of drug-likeness (QED) is 0.341. The summed E-state index contributed by atoms with van der Waals surface area (Å²) in [6.07, 6.45) is 0. The fourth-order valence-electron chi connectivity index (χ4n) is 2.90. The molecule has 0 saturated heterocycles. The summed E-state index contributed by atoms with van der Waals surface area (Å²) in [5, 5.41) is 19.7. The number of hydrogen-bond donors (Lipinski definition) is 2. The number of methoxy groups -OCH3 is 1. The number of ether oxygens (including phenoxy) is 1. The van der Waals surface area contributed by atoms with Crippen molar-refractivity contribution in [2.45, 2.75) is 6.54 Å². The molecule has 0 heterocycles. The van der Waals surface area contributed by atoms with Gasteiger partial charge in [-0.1, -0.05) is 30.3 Å². The van der Waals surface area contributed by atoms with E-state index in [-0.39, 0.29) is 18.1 Å². The van der Waals surface area contributed by atoms with Crippen LogP contribution in [-0.2, 0) is 6.54 Å². The van der Waals surface area contributed by atoms with Crippen molar-refractivity contribution in [3.63, 3.8) is 0 Å². The number of hydrogen-bond acceptors (Lipinski definition) is 5. The lowest BCUT2D eigenvalue weighted by molar-refractivity contribution is -0.384. The van der Waals surface area contributed by atoms with E-state index in [0.717, 1.165) is 23.5 Å². The SMILES string of the molecule is COc1ccc2ccccc2c1CNCCNc1ccc([N+](=O)[O-])cc1.Cl. The van der Waals surface area contributed by atoms with Gasteiger partial charge in [-0.3, -0.25) is 10.1 Å². The van der Waals surface area contributed by atoms with E-state index < -0.39 is 4.92 Å². The second kappa shape index (κ2) is 9.75. The lowest BCUT2D eigenvalue weighted by Gasteiger charge is -2.13. The Kier molecular flexibility index (Phi) is 7.40. The van der Waals surface area contributed by atoms with Crippen LogP contribution in [0, 0.1) is 10.1 Å². The second-order valence-electron chi connectivity index (χ2n) is 5.88. The average molecular weight is 388 g/mol. The summed E-state index contributed by atoms with van der Waals surface area (Å²) in [5.41, 5.74) is 2.10. The predicted octanol–water partition coefficient (Wildman–Crippen LogP) is 4.38. The third-order valence-electron chi connectivity index (χ3n) is 4.23. The zero-order valence-electron chi connectivity index (χ0n) is 15.0. The zero-order valence-corrected chi connectivity index (χ0v) is 15.8. The first-order chi connectivity index (χ1) is 12.7. The van der Waals surface area contributed by atoms with Gasteiger partial charge < -0.3 is 15.4 Å². The summed E-state index contributed by atoms with van der Waals surface area (Å²) in [7, 11) is 1.68. The minimum Gasteiger partial charge on any atom is -0.496 e. The van der Waals surface area contributed by atoms with Gasteiger partial charge in [-0.2, -0.15) is 0 Å². The zero-order chi connectivity index (χ0) is 18.4. The normalized spacial score (nSPS) is 10.3. The number of fused-ring (bicyclic) bond motifs is 1. The standard InChI is InChI=1S/C20H21N3O3.ClH/c1-26-20-11-6-15-4-2-3-5-18(15)19(20)14-21-12-13-22-16-7-9-17(10-8-16)23(24)25;/h2-11,21-22H,12-14H2,1H3;1H. The topological polar surface area (TPSA) is 76.4 Å². The molecule has 3 rings (SSSR count). The summed E-state index contributed by atoms with van der Waals surface area (Å²) < 4.78 is 5.50. The maximum atomic E-state index is 10.7. The van der Waals surface area contributed by atoms with Crippen molar-refractivity contribution in [3.05, 3.63) is 76.3 Å². The van der Waals surface area contributed by atoms with Crippen LogP contribution < -0.4 is 15.4 Å². The van der Waals surface area contributed by atoms with Gasteiger partial charge in [0.05, 0.1) is 12.0 Å². The second-order valence-corrected chi connectivity index (χ2v) is 5.88. The highest BCUT2D eigenvalue weighted by molar-refractivity contribution is 5.87. The Balaban J connectivity index is 0.00000261. The number of anilines is 1. The number of halogens is 1. The average Bonchev–Trinajstić information content (AvgIpc) is 2.68. The molecule has 3 aromatic carbocycles. The van der Waals surface area contributed by atoms with Crippen molar-refractivity contribution in [2.24, 2.45) is 0 Å². The molecule has 142 valence electrons. The maximum Gasteiger partial charge on any atom is 0.269 e. The first kappa shape index (κ1) is 20.5. The minimum absolute atomic E-state index is 0. The third kappa shape index (κ3) is 5.09. The fourth-order valence-corrected chi connectivity index (χ4v) is 2.90. The number of non-ortho nitro benzene ring substituents is 1. The van der Waals surface area contributed by atoms with Crippen LogP contribution in [0.3, 0.4) is 0 Å². The number of benzene rings is 3. The number of nitro benzene ring substituents is 1. The third-order valence-corrected chi connectivity index (χ3v) is 4.23. The van der Waals surface area contributed by atoms with E-state index in [1.165, 1.54) is 22.9 Å². The van der Waals surface area contributed by atoms with E-state index in [1.54, 1.807) is 19.2 Å². The molecular weight excluding hydrogens is 366 g/mol. The number of rotatable bonds is 8. The molecule has 0 fully saturated rings. The lowest BCUT2D eigenvalue weighted by Crippen LogP contribution is -2.22. The molecule has 0 unspecified atom stereocenters. The van der Waals surface area contributed by atoms with Crippen LogP contribution in [0.25, 0.3) is 10.8 Å². The molecule has 0 spiro atoms. The maximum absolute atomic E-state index is 10.7. The van der Waals surface area contributed by atoms with Gasteiger partial charge in [0, 0.05) is 43.0 Å². The monoisotopic (exact) mass is 387 g/mol. The van der Waals surface area contributed by atoms with Gasteiger partial charge in [0.1, 0.15) is 5.75 Å². The van der Waals surface area contributed by atoms with Crippen LogP contribution in [-0.4, -0.2) is 25.1 Å². The largest absolute Gasteiger partial charge is 0.496 e. The Bertz CT molecular complexity index is 901. The Morgan fingerprint density at radius 3 is 2.44 bits per heavy atom. The Labute approximate surface area is 164 Å². The lowest BCUT2D eigenvalue weighted by atomic mass is 10.0. The Hall–Kier alpha value is -2.83. The molecule has 0 aromatic heterocycles. The highest BCUT2D eigenvalue weighted by Crippen LogP contribution is 2.27. The fraction of sp³-hybridized carbons (Fsp3) is 0.200. The summed E-state index contributed by atoms with van der Waals surface area (Å²) in [6.45, 7) is 2.17.